The topological polar surface area (TPSA) is 87.2 Å². The number of fused-ring (bicyclic) bond motifs is 2. The Hall–Kier alpha value is -2.90. The normalized spacial score (nSPS) is 22.7. The van der Waals surface area contributed by atoms with Crippen molar-refractivity contribution in [2.75, 3.05) is 31.6 Å². The molecule has 2 saturated heterocycles. The van der Waals surface area contributed by atoms with Crippen molar-refractivity contribution < 1.29 is 23.9 Å². The average molecular weight is 385 g/mol. The molecule has 8 nitrogen and oxygen atoms in total. The number of piperidine rings is 1. The monoisotopic (exact) mass is 385 g/mol. The molecule has 0 bridgehead atoms. The molecule has 1 spiro atoms. The van der Waals surface area contributed by atoms with Crippen LogP contribution in [-0.4, -0.2) is 65.9 Å². The lowest BCUT2D eigenvalue weighted by Gasteiger charge is -2.38. The predicted molar refractivity (Wildman–Crippen MR) is 99.6 cm³/mol. The van der Waals surface area contributed by atoms with E-state index >= 15 is 0 Å². The van der Waals surface area contributed by atoms with Crippen molar-refractivity contribution in [2.45, 2.75) is 37.7 Å². The minimum atomic E-state index is -1.24. The summed E-state index contributed by atoms with van der Waals surface area (Å²) in [6, 6.07) is 7.76. The van der Waals surface area contributed by atoms with E-state index in [0.717, 1.165) is 16.2 Å². The number of anilines is 1. The Bertz CT molecular complexity index is 886. The van der Waals surface area contributed by atoms with Crippen molar-refractivity contribution >= 4 is 29.5 Å². The summed E-state index contributed by atoms with van der Waals surface area (Å²) in [4.78, 5) is 53.9. The fourth-order valence-corrected chi connectivity index (χ4v) is 4.43. The summed E-state index contributed by atoms with van der Waals surface area (Å²) in [6.07, 6.45) is 0.240. The van der Waals surface area contributed by atoms with Gasteiger partial charge in [0, 0.05) is 25.8 Å². The number of carbonyl (C=O) groups excluding carboxylic acids is 4. The van der Waals surface area contributed by atoms with Crippen LogP contribution in [0.3, 0.4) is 0 Å². The standard InChI is InChI=1S/C20H23N3O5/c1-19(2)16(25)23(18(27)28-19)12-15(24)22-10-8-20(9-11-22)13-6-4-5-7-14(13)21(3)17(20)26/h4-7H,8-12H2,1-3H3. The van der Waals surface area contributed by atoms with E-state index in [0.29, 0.717) is 25.9 Å². The van der Waals surface area contributed by atoms with E-state index in [1.807, 2.05) is 24.3 Å². The maximum absolute atomic E-state index is 13.0. The molecule has 1 aromatic rings. The van der Waals surface area contributed by atoms with E-state index in [-0.39, 0.29) is 18.4 Å². The van der Waals surface area contributed by atoms with Crippen LogP contribution in [0.4, 0.5) is 10.5 Å². The fourth-order valence-electron chi connectivity index (χ4n) is 4.43. The second-order valence-electron chi connectivity index (χ2n) is 8.11. The van der Waals surface area contributed by atoms with Crippen LogP contribution in [0.15, 0.2) is 24.3 Å². The number of imide groups is 1. The van der Waals surface area contributed by atoms with E-state index in [1.54, 1.807) is 16.8 Å². The molecule has 0 N–H and O–H groups in total. The molecular weight excluding hydrogens is 362 g/mol. The van der Waals surface area contributed by atoms with Gasteiger partial charge in [0.05, 0.1) is 5.41 Å². The molecule has 3 aliphatic heterocycles. The minimum absolute atomic E-state index is 0.0563. The third-order valence-corrected chi connectivity index (χ3v) is 6.08. The zero-order chi connectivity index (χ0) is 20.3. The molecule has 0 radical (unpaired) electrons. The van der Waals surface area contributed by atoms with Crippen molar-refractivity contribution in [1.29, 1.82) is 0 Å². The summed E-state index contributed by atoms with van der Waals surface area (Å²) >= 11 is 0. The Labute approximate surface area is 163 Å². The van der Waals surface area contributed by atoms with E-state index in [9.17, 15) is 19.2 Å². The highest BCUT2D eigenvalue weighted by molar-refractivity contribution is 6.08. The van der Waals surface area contributed by atoms with Crippen LogP contribution in [0.2, 0.25) is 0 Å². The largest absolute Gasteiger partial charge is 0.433 e. The van der Waals surface area contributed by atoms with Gasteiger partial charge in [-0.25, -0.2) is 9.69 Å². The SMILES string of the molecule is CN1C(=O)C2(CCN(C(=O)CN3C(=O)OC(C)(C)C3=O)CC2)c2ccccc21. The molecule has 2 fully saturated rings. The van der Waals surface area contributed by atoms with Crippen molar-refractivity contribution in [3.05, 3.63) is 29.8 Å². The Morgan fingerprint density at radius 3 is 2.32 bits per heavy atom. The number of cyclic esters (lactones) is 1. The number of ether oxygens (including phenoxy) is 1. The van der Waals surface area contributed by atoms with Gasteiger partial charge in [0.1, 0.15) is 6.54 Å². The van der Waals surface area contributed by atoms with Gasteiger partial charge in [-0.1, -0.05) is 18.2 Å². The molecule has 0 aliphatic carbocycles. The minimum Gasteiger partial charge on any atom is -0.433 e. The number of likely N-dealkylation sites (tertiary alicyclic amines) is 1. The summed E-state index contributed by atoms with van der Waals surface area (Å²) in [6.45, 7) is 3.46. The first-order valence-corrected chi connectivity index (χ1v) is 9.38. The lowest BCUT2D eigenvalue weighted by atomic mass is 9.73. The summed E-state index contributed by atoms with van der Waals surface area (Å²) in [5.74, 6) is -0.772. The molecule has 0 saturated carbocycles. The number of para-hydroxylation sites is 1. The highest BCUT2D eigenvalue weighted by Crippen LogP contribution is 2.47. The van der Waals surface area contributed by atoms with Crippen LogP contribution >= 0.6 is 0 Å². The first kappa shape index (κ1) is 18.5. The van der Waals surface area contributed by atoms with E-state index in [2.05, 4.69) is 0 Å². The summed E-state index contributed by atoms with van der Waals surface area (Å²) < 4.78 is 5.02. The number of likely N-dealkylation sites (N-methyl/N-ethyl adjacent to an activating group) is 1. The number of rotatable bonds is 2. The Balaban J connectivity index is 1.47. The lowest BCUT2D eigenvalue weighted by Crippen LogP contribution is -2.52. The molecule has 0 atom stereocenters. The number of carbonyl (C=O) groups is 4. The average Bonchev–Trinajstić information content (AvgIpc) is 3.00. The molecule has 0 unspecified atom stereocenters. The number of nitrogens with zero attached hydrogens (tertiary/aromatic N) is 3. The molecule has 4 amide bonds. The fraction of sp³-hybridized carbons (Fsp3) is 0.500. The third kappa shape index (κ3) is 2.51. The first-order chi connectivity index (χ1) is 13.2. The van der Waals surface area contributed by atoms with Gasteiger partial charge < -0.3 is 14.5 Å². The molecule has 148 valence electrons. The number of benzene rings is 1. The van der Waals surface area contributed by atoms with Crippen LogP contribution in [0, 0.1) is 0 Å². The second kappa shape index (κ2) is 6.05. The molecule has 0 aromatic heterocycles. The molecular formula is C20H23N3O5. The molecule has 4 rings (SSSR count). The van der Waals surface area contributed by atoms with Crippen LogP contribution in [0.5, 0.6) is 0 Å². The zero-order valence-electron chi connectivity index (χ0n) is 16.2. The van der Waals surface area contributed by atoms with Crippen LogP contribution in [-0.2, 0) is 24.5 Å². The van der Waals surface area contributed by atoms with Gasteiger partial charge in [-0.3, -0.25) is 14.4 Å². The van der Waals surface area contributed by atoms with Crippen LogP contribution in [0.1, 0.15) is 32.3 Å². The first-order valence-electron chi connectivity index (χ1n) is 9.38. The zero-order valence-corrected chi connectivity index (χ0v) is 16.2. The van der Waals surface area contributed by atoms with Crippen molar-refractivity contribution in [3.63, 3.8) is 0 Å². The van der Waals surface area contributed by atoms with Crippen molar-refractivity contribution in [3.8, 4) is 0 Å². The summed E-state index contributed by atoms with van der Waals surface area (Å²) in [5.41, 5.74) is 0.0787. The number of hydrogen-bond donors (Lipinski definition) is 0. The third-order valence-electron chi connectivity index (χ3n) is 6.08. The van der Waals surface area contributed by atoms with E-state index in [4.69, 9.17) is 4.74 Å². The molecule has 8 heteroatoms. The number of hydrogen-bond acceptors (Lipinski definition) is 5. The Morgan fingerprint density at radius 1 is 1.07 bits per heavy atom. The Morgan fingerprint density at radius 2 is 1.71 bits per heavy atom. The smallest absolute Gasteiger partial charge is 0.418 e. The van der Waals surface area contributed by atoms with Gasteiger partial charge in [0.2, 0.25) is 11.8 Å². The van der Waals surface area contributed by atoms with Gasteiger partial charge in [-0.05, 0) is 38.3 Å². The van der Waals surface area contributed by atoms with Gasteiger partial charge in [-0.15, -0.1) is 0 Å². The van der Waals surface area contributed by atoms with Gasteiger partial charge >= 0.3 is 6.09 Å². The number of amides is 4. The summed E-state index contributed by atoms with van der Waals surface area (Å²) in [5, 5.41) is 0. The highest BCUT2D eigenvalue weighted by atomic mass is 16.6. The maximum atomic E-state index is 13.0. The predicted octanol–water partition coefficient (Wildman–Crippen LogP) is 1.28. The second-order valence-corrected chi connectivity index (χ2v) is 8.11. The lowest BCUT2D eigenvalue weighted by molar-refractivity contribution is -0.141. The van der Waals surface area contributed by atoms with Crippen molar-refractivity contribution in [1.82, 2.24) is 9.80 Å². The van der Waals surface area contributed by atoms with E-state index in [1.165, 1.54) is 13.8 Å². The van der Waals surface area contributed by atoms with Gasteiger partial charge in [0.25, 0.3) is 5.91 Å². The quantitative estimate of drug-likeness (QED) is 0.765. The van der Waals surface area contributed by atoms with Crippen molar-refractivity contribution in [2.24, 2.45) is 0 Å². The molecule has 3 aliphatic rings. The highest BCUT2D eigenvalue weighted by Gasteiger charge is 2.52. The molecule has 3 heterocycles. The Kier molecular flexibility index (Phi) is 3.99. The maximum Gasteiger partial charge on any atom is 0.418 e. The van der Waals surface area contributed by atoms with E-state index < -0.39 is 23.0 Å². The van der Waals surface area contributed by atoms with Gasteiger partial charge in [0.15, 0.2) is 5.60 Å². The van der Waals surface area contributed by atoms with Crippen LogP contribution in [0.25, 0.3) is 0 Å². The molecule has 1 aromatic carbocycles. The van der Waals surface area contributed by atoms with Gasteiger partial charge in [-0.2, -0.15) is 0 Å². The molecule has 28 heavy (non-hydrogen) atoms. The summed E-state index contributed by atoms with van der Waals surface area (Å²) in [7, 11) is 1.78. The van der Waals surface area contributed by atoms with Crippen LogP contribution < -0.4 is 4.90 Å².